The van der Waals surface area contributed by atoms with Gasteiger partial charge in [-0.05, 0) is 5.56 Å². The second-order valence-electron chi connectivity index (χ2n) is 3.47. The van der Waals surface area contributed by atoms with Crippen molar-refractivity contribution in [2.75, 3.05) is 13.7 Å². The molecule has 1 aromatic rings. The molecule has 82 valence electrons. The molecule has 3 N–H and O–H groups in total. The summed E-state index contributed by atoms with van der Waals surface area (Å²) in [5.41, 5.74) is 6.47. The number of nitrogens with two attached hydrogens (primary N) is 1. The van der Waals surface area contributed by atoms with Gasteiger partial charge >= 0.3 is 0 Å². The summed E-state index contributed by atoms with van der Waals surface area (Å²) < 4.78 is 0. The highest BCUT2D eigenvalue weighted by Crippen LogP contribution is 2.03. The van der Waals surface area contributed by atoms with Gasteiger partial charge in [-0.3, -0.25) is 4.79 Å². The van der Waals surface area contributed by atoms with Crippen LogP contribution in [0.5, 0.6) is 0 Å². The Bertz CT molecular complexity index is 314. The Kier molecular flexibility index (Phi) is 4.27. The average Bonchev–Trinajstić information content (AvgIpc) is 2.28. The summed E-state index contributed by atoms with van der Waals surface area (Å²) in [4.78, 5) is 13.0. The van der Waals surface area contributed by atoms with Gasteiger partial charge in [-0.25, -0.2) is 0 Å². The molecular weight excluding hydrogens is 192 g/mol. The molecule has 0 radical (unpaired) electrons. The lowest BCUT2D eigenvalue weighted by atomic mass is 10.2. The summed E-state index contributed by atoms with van der Waals surface area (Å²) in [5.74, 6) is -0.249. The van der Waals surface area contributed by atoms with Crippen molar-refractivity contribution in [1.29, 1.82) is 0 Å². The van der Waals surface area contributed by atoms with Gasteiger partial charge in [-0.15, -0.1) is 0 Å². The van der Waals surface area contributed by atoms with E-state index in [4.69, 9.17) is 10.8 Å². The predicted octanol–water partition coefficient (Wildman–Crippen LogP) is -0.0354. The second kappa shape index (κ2) is 5.48. The molecule has 1 amide bonds. The van der Waals surface area contributed by atoms with Crippen LogP contribution in [0.3, 0.4) is 0 Å². The Morgan fingerprint density at radius 3 is 2.60 bits per heavy atom. The van der Waals surface area contributed by atoms with Crippen LogP contribution in [0.2, 0.25) is 0 Å². The molecule has 1 atom stereocenters. The highest BCUT2D eigenvalue weighted by Gasteiger charge is 2.16. The maximum atomic E-state index is 11.5. The van der Waals surface area contributed by atoms with Crippen LogP contribution in [0, 0.1) is 0 Å². The minimum absolute atomic E-state index is 0.249. The molecule has 4 nitrogen and oxygen atoms in total. The predicted molar refractivity (Wildman–Crippen MR) is 58.0 cm³/mol. The van der Waals surface area contributed by atoms with Crippen LogP contribution in [-0.2, 0) is 11.3 Å². The van der Waals surface area contributed by atoms with E-state index in [0.717, 1.165) is 5.56 Å². The maximum Gasteiger partial charge on any atom is 0.241 e. The lowest BCUT2D eigenvalue weighted by molar-refractivity contribution is -0.132. The third kappa shape index (κ3) is 3.34. The van der Waals surface area contributed by atoms with Crippen molar-refractivity contribution in [2.45, 2.75) is 12.6 Å². The smallest absolute Gasteiger partial charge is 0.241 e. The number of hydrogen-bond acceptors (Lipinski definition) is 3. The van der Waals surface area contributed by atoms with E-state index in [2.05, 4.69) is 0 Å². The molecule has 1 aromatic carbocycles. The van der Waals surface area contributed by atoms with Crippen LogP contribution in [0.25, 0.3) is 0 Å². The Morgan fingerprint density at radius 2 is 2.07 bits per heavy atom. The monoisotopic (exact) mass is 208 g/mol. The number of carbonyl (C=O) groups is 1. The molecule has 0 spiro atoms. The standard InChI is InChI=1S/C11H16N2O2/c1-13(11(15)10(12)8-14)7-9-5-3-2-4-6-9/h2-6,10,14H,7-8,12H2,1H3/t10-/m1/s1. The molecule has 0 bridgehead atoms. The Morgan fingerprint density at radius 1 is 1.47 bits per heavy atom. The summed E-state index contributed by atoms with van der Waals surface area (Å²) in [6.45, 7) is 0.186. The summed E-state index contributed by atoms with van der Waals surface area (Å²) >= 11 is 0. The summed E-state index contributed by atoms with van der Waals surface area (Å²) in [7, 11) is 1.67. The fourth-order valence-corrected chi connectivity index (χ4v) is 1.30. The number of amides is 1. The molecule has 0 aliphatic rings. The van der Waals surface area contributed by atoms with Gasteiger partial charge in [0.05, 0.1) is 6.61 Å². The third-order valence-corrected chi connectivity index (χ3v) is 2.15. The first kappa shape index (κ1) is 11.7. The van der Waals surface area contributed by atoms with E-state index >= 15 is 0 Å². The number of aliphatic hydroxyl groups is 1. The van der Waals surface area contributed by atoms with Crippen molar-refractivity contribution < 1.29 is 9.90 Å². The van der Waals surface area contributed by atoms with Crippen molar-refractivity contribution in [3.8, 4) is 0 Å². The van der Waals surface area contributed by atoms with Crippen LogP contribution >= 0.6 is 0 Å². The number of aliphatic hydroxyl groups excluding tert-OH is 1. The average molecular weight is 208 g/mol. The van der Waals surface area contributed by atoms with Gasteiger partial charge in [0, 0.05) is 13.6 Å². The third-order valence-electron chi connectivity index (χ3n) is 2.15. The first-order valence-electron chi connectivity index (χ1n) is 4.80. The van der Waals surface area contributed by atoms with E-state index in [1.54, 1.807) is 7.05 Å². The fraction of sp³-hybridized carbons (Fsp3) is 0.364. The van der Waals surface area contributed by atoms with Crippen LogP contribution in [0.4, 0.5) is 0 Å². The van der Waals surface area contributed by atoms with Gasteiger partial charge < -0.3 is 15.7 Å². The Balaban J connectivity index is 2.56. The highest BCUT2D eigenvalue weighted by molar-refractivity contribution is 5.81. The van der Waals surface area contributed by atoms with Crippen LogP contribution < -0.4 is 5.73 Å². The van der Waals surface area contributed by atoms with E-state index in [0.29, 0.717) is 6.54 Å². The summed E-state index contributed by atoms with van der Waals surface area (Å²) in [6, 6.07) is 8.81. The molecule has 0 heterocycles. The SMILES string of the molecule is CN(Cc1ccccc1)C(=O)[C@H](N)CO. The lowest BCUT2D eigenvalue weighted by Crippen LogP contribution is -2.43. The van der Waals surface area contributed by atoms with E-state index in [-0.39, 0.29) is 12.5 Å². The van der Waals surface area contributed by atoms with Crippen LogP contribution in [0.15, 0.2) is 30.3 Å². The van der Waals surface area contributed by atoms with Crippen LogP contribution in [-0.4, -0.2) is 35.6 Å². The molecule has 0 unspecified atom stereocenters. The van der Waals surface area contributed by atoms with Gasteiger partial charge in [0.15, 0.2) is 0 Å². The van der Waals surface area contributed by atoms with Gasteiger partial charge in [0.2, 0.25) is 5.91 Å². The van der Waals surface area contributed by atoms with Gasteiger partial charge in [-0.2, -0.15) is 0 Å². The zero-order valence-corrected chi connectivity index (χ0v) is 8.76. The molecule has 0 aliphatic heterocycles. The topological polar surface area (TPSA) is 66.6 Å². The summed E-state index contributed by atoms with van der Waals surface area (Å²) in [5, 5.41) is 8.75. The number of likely N-dealkylation sites (N-methyl/N-ethyl adjacent to an activating group) is 1. The highest BCUT2D eigenvalue weighted by atomic mass is 16.3. The molecule has 0 fully saturated rings. The number of hydrogen-bond donors (Lipinski definition) is 2. The zero-order chi connectivity index (χ0) is 11.3. The van der Waals surface area contributed by atoms with Crippen molar-refractivity contribution in [2.24, 2.45) is 5.73 Å². The van der Waals surface area contributed by atoms with Crippen molar-refractivity contribution in [1.82, 2.24) is 4.90 Å². The molecule has 0 saturated carbocycles. The number of nitrogens with zero attached hydrogens (tertiary/aromatic N) is 1. The quantitative estimate of drug-likeness (QED) is 0.730. The fourth-order valence-electron chi connectivity index (χ4n) is 1.30. The molecule has 4 heteroatoms. The normalized spacial score (nSPS) is 12.2. The Hall–Kier alpha value is -1.39. The molecule has 0 saturated heterocycles. The minimum Gasteiger partial charge on any atom is -0.394 e. The molecule has 0 aromatic heterocycles. The molecule has 1 rings (SSSR count). The second-order valence-corrected chi connectivity index (χ2v) is 3.47. The van der Waals surface area contributed by atoms with Gasteiger partial charge in [0.25, 0.3) is 0 Å². The van der Waals surface area contributed by atoms with Gasteiger partial charge in [-0.1, -0.05) is 30.3 Å². The number of carbonyl (C=O) groups excluding carboxylic acids is 1. The van der Waals surface area contributed by atoms with E-state index in [1.165, 1.54) is 4.90 Å². The first-order valence-corrected chi connectivity index (χ1v) is 4.80. The number of benzene rings is 1. The number of rotatable bonds is 4. The van der Waals surface area contributed by atoms with E-state index in [9.17, 15) is 4.79 Å². The van der Waals surface area contributed by atoms with Gasteiger partial charge in [0.1, 0.15) is 6.04 Å². The zero-order valence-electron chi connectivity index (χ0n) is 8.76. The Labute approximate surface area is 89.3 Å². The molecule has 15 heavy (non-hydrogen) atoms. The van der Waals surface area contributed by atoms with E-state index < -0.39 is 6.04 Å². The molecular formula is C11H16N2O2. The maximum absolute atomic E-state index is 11.5. The van der Waals surface area contributed by atoms with E-state index in [1.807, 2.05) is 30.3 Å². The van der Waals surface area contributed by atoms with Crippen molar-refractivity contribution >= 4 is 5.91 Å². The summed E-state index contributed by atoms with van der Waals surface area (Å²) in [6.07, 6.45) is 0. The largest absolute Gasteiger partial charge is 0.394 e. The van der Waals surface area contributed by atoms with Crippen LogP contribution in [0.1, 0.15) is 5.56 Å². The van der Waals surface area contributed by atoms with Crippen molar-refractivity contribution in [3.05, 3.63) is 35.9 Å². The minimum atomic E-state index is -0.821. The lowest BCUT2D eigenvalue weighted by Gasteiger charge is -2.20. The molecule has 0 aliphatic carbocycles. The van der Waals surface area contributed by atoms with Crippen molar-refractivity contribution in [3.63, 3.8) is 0 Å². The first-order chi connectivity index (χ1) is 7.15.